The Morgan fingerprint density at radius 2 is 1.76 bits per heavy atom. The second-order valence-electron chi connectivity index (χ2n) is 5.97. The van der Waals surface area contributed by atoms with Gasteiger partial charge >= 0.3 is 0 Å². The minimum absolute atomic E-state index is 0.156. The molecule has 29 heavy (non-hydrogen) atoms. The van der Waals surface area contributed by atoms with E-state index < -0.39 is 0 Å². The van der Waals surface area contributed by atoms with Gasteiger partial charge in [-0.15, -0.1) is 0 Å². The zero-order valence-electron chi connectivity index (χ0n) is 16.2. The smallest absolute Gasteiger partial charge is 0.227 e. The molecular weight excluding hydrogens is 398 g/mol. The molecule has 0 radical (unpaired) electrons. The Kier molecular flexibility index (Phi) is 6.56. The SMILES string of the molecule is COc1ccc(Cl)cc1NC(=O)CCc1nc(-c2ccc(OC)c(OC)c2)no1. The van der Waals surface area contributed by atoms with Crippen LogP contribution in [0.15, 0.2) is 40.9 Å². The lowest BCUT2D eigenvalue weighted by molar-refractivity contribution is -0.116. The average Bonchev–Trinajstić information content (AvgIpc) is 3.21. The summed E-state index contributed by atoms with van der Waals surface area (Å²) in [6, 6.07) is 10.3. The van der Waals surface area contributed by atoms with E-state index in [-0.39, 0.29) is 18.7 Å². The van der Waals surface area contributed by atoms with Gasteiger partial charge in [0, 0.05) is 23.4 Å². The van der Waals surface area contributed by atoms with Gasteiger partial charge in [0.25, 0.3) is 0 Å². The zero-order chi connectivity index (χ0) is 20.8. The first kappa shape index (κ1) is 20.5. The van der Waals surface area contributed by atoms with Crippen LogP contribution in [0.4, 0.5) is 5.69 Å². The second kappa shape index (κ2) is 9.29. The third-order valence-electron chi connectivity index (χ3n) is 4.11. The maximum absolute atomic E-state index is 12.3. The van der Waals surface area contributed by atoms with E-state index in [1.54, 1.807) is 50.6 Å². The third kappa shape index (κ3) is 4.97. The number of aryl methyl sites for hydroxylation is 1. The molecule has 0 aliphatic rings. The number of methoxy groups -OCH3 is 3. The molecule has 1 N–H and O–H groups in total. The number of hydrogen-bond acceptors (Lipinski definition) is 7. The van der Waals surface area contributed by atoms with Crippen LogP contribution in [-0.2, 0) is 11.2 Å². The van der Waals surface area contributed by atoms with Crippen LogP contribution < -0.4 is 19.5 Å². The van der Waals surface area contributed by atoms with Crippen molar-refractivity contribution in [2.75, 3.05) is 26.6 Å². The Bertz CT molecular complexity index is 1010. The van der Waals surface area contributed by atoms with Crippen molar-refractivity contribution in [3.05, 3.63) is 47.3 Å². The van der Waals surface area contributed by atoms with Crippen LogP contribution in [-0.4, -0.2) is 37.4 Å². The largest absolute Gasteiger partial charge is 0.495 e. The molecule has 3 aromatic rings. The van der Waals surface area contributed by atoms with E-state index in [9.17, 15) is 4.79 Å². The molecule has 0 aliphatic carbocycles. The van der Waals surface area contributed by atoms with Gasteiger partial charge in [-0.3, -0.25) is 4.79 Å². The van der Waals surface area contributed by atoms with Crippen molar-refractivity contribution in [3.63, 3.8) is 0 Å². The minimum Gasteiger partial charge on any atom is -0.495 e. The number of anilines is 1. The van der Waals surface area contributed by atoms with Gasteiger partial charge in [-0.05, 0) is 36.4 Å². The quantitative estimate of drug-likeness (QED) is 0.592. The number of carbonyl (C=O) groups excluding carboxylic acids is 1. The fraction of sp³-hybridized carbons (Fsp3) is 0.250. The van der Waals surface area contributed by atoms with E-state index in [0.717, 1.165) is 0 Å². The molecule has 0 fully saturated rings. The monoisotopic (exact) mass is 417 g/mol. The summed E-state index contributed by atoms with van der Waals surface area (Å²) in [6.45, 7) is 0. The van der Waals surface area contributed by atoms with E-state index in [1.165, 1.54) is 7.11 Å². The van der Waals surface area contributed by atoms with E-state index in [4.69, 9.17) is 30.3 Å². The number of halogens is 1. The Morgan fingerprint density at radius 1 is 1.03 bits per heavy atom. The lowest BCUT2D eigenvalue weighted by atomic mass is 10.2. The first-order valence-corrected chi connectivity index (χ1v) is 9.10. The lowest BCUT2D eigenvalue weighted by Crippen LogP contribution is -2.13. The summed E-state index contributed by atoms with van der Waals surface area (Å²) >= 11 is 5.97. The van der Waals surface area contributed by atoms with E-state index >= 15 is 0 Å². The summed E-state index contributed by atoms with van der Waals surface area (Å²) < 4.78 is 21.0. The van der Waals surface area contributed by atoms with Crippen molar-refractivity contribution >= 4 is 23.2 Å². The molecule has 0 bridgehead atoms. The highest BCUT2D eigenvalue weighted by atomic mass is 35.5. The van der Waals surface area contributed by atoms with Crippen molar-refractivity contribution in [2.24, 2.45) is 0 Å². The minimum atomic E-state index is -0.226. The standard InChI is InChI=1S/C20H20ClN3O5/c1-26-15-7-5-13(21)11-14(15)22-18(25)8-9-19-23-20(24-29-19)12-4-6-16(27-2)17(10-12)28-3/h4-7,10-11H,8-9H2,1-3H3,(H,22,25). The van der Waals surface area contributed by atoms with Gasteiger partial charge < -0.3 is 24.1 Å². The summed E-state index contributed by atoms with van der Waals surface area (Å²) in [5, 5.41) is 7.23. The predicted molar refractivity (Wildman–Crippen MR) is 108 cm³/mol. The highest BCUT2D eigenvalue weighted by Crippen LogP contribution is 2.31. The van der Waals surface area contributed by atoms with Crippen LogP contribution in [0, 0.1) is 0 Å². The van der Waals surface area contributed by atoms with Gasteiger partial charge in [0.1, 0.15) is 5.75 Å². The lowest BCUT2D eigenvalue weighted by Gasteiger charge is -2.10. The average molecular weight is 418 g/mol. The molecule has 0 unspecified atom stereocenters. The van der Waals surface area contributed by atoms with Gasteiger partial charge in [-0.2, -0.15) is 4.98 Å². The summed E-state index contributed by atoms with van der Waals surface area (Å²) in [4.78, 5) is 16.6. The number of nitrogens with zero attached hydrogens (tertiary/aromatic N) is 2. The number of ether oxygens (including phenoxy) is 3. The van der Waals surface area contributed by atoms with E-state index in [2.05, 4.69) is 15.5 Å². The van der Waals surface area contributed by atoms with E-state index in [0.29, 0.717) is 45.2 Å². The summed E-state index contributed by atoms with van der Waals surface area (Å²) in [5.74, 6) is 2.22. The van der Waals surface area contributed by atoms with Crippen LogP contribution in [0.3, 0.4) is 0 Å². The molecule has 1 amide bonds. The number of rotatable bonds is 8. The zero-order valence-corrected chi connectivity index (χ0v) is 16.9. The number of amides is 1. The van der Waals surface area contributed by atoms with Crippen molar-refractivity contribution in [2.45, 2.75) is 12.8 Å². The van der Waals surface area contributed by atoms with Gasteiger partial charge in [0.15, 0.2) is 11.5 Å². The highest BCUT2D eigenvalue weighted by molar-refractivity contribution is 6.31. The molecule has 152 valence electrons. The number of carbonyl (C=O) groups is 1. The number of nitrogens with one attached hydrogen (secondary N) is 1. The summed E-state index contributed by atoms with van der Waals surface area (Å²) in [5.41, 5.74) is 1.22. The third-order valence-corrected chi connectivity index (χ3v) is 4.35. The van der Waals surface area contributed by atoms with E-state index in [1.807, 2.05) is 0 Å². The molecule has 2 aromatic carbocycles. The molecule has 0 spiro atoms. The number of hydrogen-bond donors (Lipinski definition) is 1. The number of aromatic nitrogens is 2. The molecule has 0 saturated carbocycles. The molecular formula is C20H20ClN3O5. The molecule has 1 aromatic heterocycles. The topological polar surface area (TPSA) is 95.7 Å². The summed E-state index contributed by atoms with van der Waals surface area (Å²) in [7, 11) is 4.64. The fourth-order valence-electron chi connectivity index (χ4n) is 2.66. The Labute approximate surface area is 172 Å². The Balaban J connectivity index is 1.64. The van der Waals surface area contributed by atoms with Gasteiger partial charge in [-0.1, -0.05) is 16.8 Å². The predicted octanol–water partition coefficient (Wildman–Crippen LogP) is 3.99. The van der Waals surface area contributed by atoms with Crippen LogP contribution in [0.2, 0.25) is 5.02 Å². The Hall–Kier alpha value is -3.26. The molecule has 3 rings (SSSR count). The van der Waals surface area contributed by atoms with Crippen molar-refractivity contribution in [1.29, 1.82) is 0 Å². The molecule has 0 aliphatic heterocycles. The van der Waals surface area contributed by atoms with Crippen molar-refractivity contribution < 1.29 is 23.5 Å². The first-order chi connectivity index (χ1) is 14.0. The van der Waals surface area contributed by atoms with Gasteiger partial charge in [0.2, 0.25) is 17.6 Å². The fourth-order valence-corrected chi connectivity index (χ4v) is 2.83. The normalized spacial score (nSPS) is 10.5. The molecule has 0 atom stereocenters. The maximum Gasteiger partial charge on any atom is 0.227 e. The van der Waals surface area contributed by atoms with Crippen molar-refractivity contribution in [1.82, 2.24) is 10.1 Å². The summed E-state index contributed by atoms with van der Waals surface area (Å²) in [6.07, 6.45) is 0.443. The highest BCUT2D eigenvalue weighted by Gasteiger charge is 2.14. The maximum atomic E-state index is 12.3. The van der Waals surface area contributed by atoms with Crippen molar-refractivity contribution in [3.8, 4) is 28.6 Å². The van der Waals surface area contributed by atoms with Crippen LogP contribution in [0.25, 0.3) is 11.4 Å². The van der Waals surface area contributed by atoms with Gasteiger partial charge in [0.05, 0.1) is 27.0 Å². The molecule has 9 heteroatoms. The second-order valence-corrected chi connectivity index (χ2v) is 6.41. The molecule has 1 heterocycles. The number of benzene rings is 2. The molecule has 0 saturated heterocycles. The molecule has 8 nitrogen and oxygen atoms in total. The van der Waals surface area contributed by atoms with Crippen LogP contribution in [0.5, 0.6) is 17.2 Å². The van der Waals surface area contributed by atoms with Gasteiger partial charge in [-0.25, -0.2) is 0 Å². The van der Waals surface area contributed by atoms with Crippen LogP contribution >= 0.6 is 11.6 Å². The van der Waals surface area contributed by atoms with Crippen LogP contribution in [0.1, 0.15) is 12.3 Å². The Morgan fingerprint density at radius 3 is 2.48 bits per heavy atom. The first-order valence-electron chi connectivity index (χ1n) is 8.72.